The summed E-state index contributed by atoms with van der Waals surface area (Å²) in [6.07, 6.45) is 0.399. The predicted octanol–water partition coefficient (Wildman–Crippen LogP) is 2.30. The van der Waals surface area contributed by atoms with Gasteiger partial charge in [-0.15, -0.1) is 0 Å². The van der Waals surface area contributed by atoms with Gasteiger partial charge < -0.3 is 9.47 Å². The van der Waals surface area contributed by atoms with Gasteiger partial charge >= 0.3 is 6.61 Å². The first-order valence-corrected chi connectivity index (χ1v) is 8.07. The lowest BCUT2D eigenvalue weighted by atomic mass is 10.0. The van der Waals surface area contributed by atoms with Crippen molar-refractivity contribution in [1.82, 2.24) is 4.72 Å². The van der Waals surface area contributed by atoms with Gasteiger partial charge in [0.15, 0.2) is 0 Å². The lowest BCUT2D eigenvalue weighted by Crippen LogP contribution is -2.32. The van der Waals surface area contributed by atoms with Gasteiger partial charge in [-0.2, -0.15) is 8.78 Å². The fourth-order valence-corrected chi connectivity index (χ4v) is 3.04. The number of para-hydroxylation sites is 1. The number of ether oxygens (including phenoxy) is 2. The largest absolute Gasteiger partial charge is 0.434 e. The van der Waals surface area contributed by atoms with E-state index in [4.69, 9.17) is 4.74 Å². The molecule has 0 heterocycles. The number of benzene rings is 1. The summed E-state index contributed by atoms with van der Waals surface area (Å²) in [5, 5.41) is 0. The first kappa shape index (κ1) is 17.8. The van der Waals surface area contributed by atoms with Gasteiger partial charge in [0, 0.05) is 12.7 Å². The molecule has 0 aliphatic rings. The zero-order valence-electron chi connectivity index (χ0n) is 11.9. The summed E-state index contributed by atoms with van der Waals surface area (Å²) < 4.78 is 60.2. The zero-order valence-corrected chi connectivity index (χ0v) is 12.7. The minimum Gasteiger partial charge on any atom is -0.434 e. The zero-order chi connectivity index (χ0) is 15.9. The van der Waals surface area contributed by atoms with E-state index in [-0.39, 0.29) is 18.1 Å². The van der Waals surface area contributed by atoms with Crippen LogP contribution in [0.15, 0.2) is 24.3 Å². The standard InChI is InChI=1S/C13H19F2NO4S/c1-3-11(16-21(17,18)9-8-19-2)10-6-4-5-7-12(10)20-13(14)15/h4-7,11,13,16H,3,8-9H2,1-2H3/t11-/m0/s1. The Kier molecular flexibility index (Phi) is 7.00. The van der Waals surface area contributed by atoms with Crippen LogP contribution in [-0.2, 0) is 14.8 Å². The molecule has 1 aromatic carbocycles. The van der Waals surface area contributed by atoms with E-state index in [0.29, 0.717) is 12.0 Å². The van der Waals surface area contributed by atoms with Gasteiger partial charge in [0.1, 0.15) is 5.75 Å². The van der Waals surface area contributed by atoms with Crippen molar-refractivity contribution in [3.05, 3.63) is 29.8 Å². The van der Waals surface area contributed by atoms with Crippen LogP contribution < -0.4 is 9.46 Å². The second-order valence-corrected chi connectivity index (χ2v) is 6.18. The Morgan fingerprint density at radius 3 is 2.52 bits per heavy atom. The van der Waals surface area contributed by atoms with Crippen molar-refractivity contribution in [1.29, 1.82) is 0 Å². The molecule has 1 N–H and O–H groups in total. The molecule has 0 amide bonds. The highest BCUT2D eigenvalue weighted by Gasteiger charge is 2.21. The number of halogens is 2. The molecule has 0 aliphatic carbocycles. The summed E-state index contributed by atoms with van der Waals surface area (Å²) in [5.74, 6) is -0.230. The Bertz CT molecular complexity index is 537. The maximum Gasteiger partial charge on any atom is 0.387 e. The van der Waals surface area contributed by atoms with Gasteiger partial charge in [0.05, 0.1) is 18.4 Å². The summed E-state index contributed by atoms with van der Waals surface area (Å²) in [4.78, 5) is 0. The number of rotatable bonds is 9. The number of nitrogens with one attached hydrogen (secondary N) is 1. The van der Waals surface area contributed by atoms with Crippen LogP contribution in [0.5, 0.6) is 5.75 Å². The molecule has 0 saturated carbocycles. The molecule has 0 fully saturated rings. The van der Waals surface area contributed by atoms with E-state index in [1.807, 2.05) is 0 Å². The first-order chi connectivity index (χ1) is 9.89. The third-order valence-electron chi connectivity index (χ3n) is 2.80. The van der Waals surface area contributed by atoms with Crippen LogP contribution >= 0.6 is 0 Å². The van der Waals surface area contributed by atoms with Gasteiger partial charge in [-0.25, -0.2) is 13.1 Å². The minimum atomic E-state index is -3.57. The van der Waals surface area contributed by atoms with Gasteiger partial charge in [0.25, 0.3) is 0 Å². The van der Waals surface area contributed by atoms with Crippen molar-refractivity contribution in [2.75, 3.05) is 19.5 Å². The molecular weight excluding hydrogens is 304 g/mol. The predicted molar refractivity (Wildman–Crippen MR) is 74.9 cm³/mol. The smallest absolute Gasteiger partial charge is 0.387 e. The number of sulfonamides is 1. The van der Waals surface area contributed by atoms with Crippen molar-refractivity contribution in [2.45, 2.75) is 26.0 Å². The normalized spacial score (nSPS) is 13.4. The average molecular weight is 323 g/mol. The Labute approximate surface area is 123 Å². The van der Waals surface area contributed by atoms with E-state index >= 15 is 0 Å². The molecule has 0 aliphatic heterocycles. The Hall–Kier alpha value is -1.25. The molecule has 1 atom stereocenters. The van der Waals surface area contributed by atoms with Crippen LogP contribution in [-0.4, -0.2) is 34.5 Å². The summed E-state index contributed by atoms with van der Waals surface area (Å²) in [6, 6.07) is 5.49. The summed E-state index contributed by atoms with van der Waals surface area (Å²) in [6.45, 7) is -1.15. The van der Waals surface area contributed by atoms with Crippen LogP contribution in [0.2, 0.25) is 0 Å². The molecule has 0 saturated heterocycles. The molecule has 0 aromatic heterocycles. The fraction of sp³-hybridized carbons (Fsp3) is 0.538. The number of methoxy groups -OCH3 is 1. The van der Waals surface area contributed by atoms with Crippen LogP contribution in [0.25, 0.3) is 0 Å². The highest BCUT2D eigenvalue weighted by atomic mass is 32.2. The van der Waals surface area contributed by atoms with E-state index in [2.05, 4.69) is 9.46 Å². The molecule has 0 radical (unpaired) electrons. The van der Waals surface area contributed by atoms with Gasteiger partial charge in [-0.1, -0.05) is 25.1 Å². The molecular formula is C13H19F2NO4S. The lowest BCUT2D eigenvalue weighted by Gasteiger charge is -2.20. The van der Waals surface area contributed by atoms with Crippen molar-refractivity contribution < 1.29 is 26.7 Å². The van der Waals surface area contributed by atoms with Crippen molar-refractivity contribution >= 4 is 10.0 Å². The van der Waals surface area contributed by atoms with Crippen molar-refractivity contribution in [3.8, 4) is 5.75 Å². The molecule has 0 unspecified atom stereocenters. The second kappa shape index (κ2) is 8.26. The van der Waals surface area contributed by atoms with E-state index in [1.165, 1.54) is 13.2 Å². The van der Waals surface area contributed by atoms with Crippen LogP contribution in [0.1, 0.15) is 24.9 Å². The third kappa shape index (κ3) is 5.94. The molecule has 5 nitrogen and oxygen atoms in total. The molecule has 1 rings (SSSR count). The third-order valence-corrected chi connectivity index (χ3v) is 4.14. The molecule has 1 aromatic rings. The van der Waals surface area contributed by atoms with Crippen molar-refractivity contribution in [3.63, 3.8) is 0 Å². The van der Waals surface area contributed by atoms with Crippen LogP contribution in [0.3, 0.4) is 0 Å². The quantitative estimate of drug-likeness (QED) is 0.757. The van der Waals surface area contributed by atoms with Gasteiger partial charge in [-0.05, 0) is 12.5 Å². The molecule has 120 valence electrons. The van der Waals surface area contributed by atoms with Gasteiger partial charge in [0.2, 0.25) is 10.0 Å². The monoisotopic (exact) mass is 323 g/mol. The van der Waals surface area contributed by atoms with Crippen molar-refractivity contribution in [2.24, 2.45) is 0 Å². The average Bonchev–Trinajstić information content (AvgIpc) is 2.43. The number of hydrogen-bond acceptors (Lipinski definition) is 4. The van der Waals surface area contributed by atoms with Crippen LogP contribution in [0, 0.1) is 0 Å². The molecule has 21 heavy (non-hydrogen) atoms. The Balaban J connectivity index is 2.95. The lowest BCUT2D eigenvalue weighted by molar-refractivity contribution is -0.0506. The number of alkyl halides is 2. The van der Waals surface area contributed by atoms with E-state index in [0.717, 1.165) is 0 Å². The fourth-order valence-electron chi connectivity index (χ4n) is 1.81. The van der Waals surface area contributed by atoms with Crippen LogP contribution in [0.4, 0.5) is 8.78 Å². The minimum absolute atomic E-state index is 0.0335. The summed E-state index contributed by atoms with van der Waals surface area (Å²) in [5.41, 5.74) is 0.376. The Morgan fingerprint density at radius 1 is 1.29 bits per heavy atom. The maximum absolute atomic E-state index is 12.4. The Morgan fingerprint density at radius 2 is 1.95 bits per heavy atom. The summed E-state index contributed by atoms with van der Waals surface area (Å²) >= 11 is 0. The molecule has 0 bridgehead atoms. The van der Waals surface area contributed by atoms with E-state index in [1.54, 1.807) is 25.1 Å². The van der Waals surface area contributed by atoms with E-state index < -0.39 is 22.7 Å². The highest BCUT2D eigenvalue weighted by molar-refractivity contribution is 7.89. The summed E-state index contributed by atoms with van der Waals surface area (Å²) in [7, 11) is -2.17. The second-order valence-electron chi connectivity index (χ2n) is 4.31. The highest BCUT2D eigenvalue weighted by Crippen LogP contribution is 2.28. The number of hydrogen-bond donors (Lipinski definition) is 1. The van der Waals surface area contributed by atoms with E-state index in [9.17, 15) is 17.2 Å². The molecule has 8 heteroatoms. The molecule has 0 spiro atoms. The first-order valence-electron chi connectivity index (χ1n) is 6.42. The van der Waals surface area contributed by atoms with Gasteiger partial charge in [-0.3, -0.25) is 0 Å². The maximum atomic E-state index is 12.4. The SMILES string of the molecule is CC[C@H](NS(=O)(=O)CCOC)c1ccccc1OC(F)F. The topological polar surface area (TPSA) is 64.6 Å².